The molecule has 8 nitrogen and oxygen atoms in total. The van der Waals surface area contributed by atoms with Gasteiger partial charge in [0.25, 0.3) is 0 Å². The molecule has 3 aromatic carbocycles. The average molecular weight is 594 g/mol. The normalized spacial score (nSPS) is 19.6. The molecule has 3 heterocycles. The number of carbonyl (C=O) groups is 3. The van der Waals surface area contributed by atoms with Crippen molar-refractivity contribution in [3.63, 3.8) is 0 Å². The number of hydrogen-bond donors (Lipinski definition) is 1. The molecule has 2 aliphatic heterocycles. The third-order valence-electron chi connectivity index (χ3n) is 7.04. The molecule has 0 radical (unpaired) electrons. The molecule has 1 N–H and O–H groups in total. The summed E-state index contributed by atoms with van der Waals surface area (Å²) in [5.74, 6) is -3.55. The zero-order valence-corrected chi connectivity index (χ0v) is 23.0. The van der Waals surface area contributed by atoms with Gasteiger partial charge in [-0.15, -0.1) is 0 Å². The Morgan fingerprint density at radius 2 is 1.59 bits per heavy atom. The Kier molecular flexibility index (Phi) is 6.96. The van der Waals surface area contributed by atoms with Gasteiger partial charge in [0.2, 0.25) is 17.7 Å². The van der Waals surface area contributed by atoms with Gasteiger partial charge < -0.3 is 10.1 Å². The summed E-state index contributed by atoms with van der Waals surface area (Å²) in [7, 11) is 1.49. The number of para-hydroxylation sites is 1. The molecule has 1 aromatic heterocycles. The lowest BCUT2D eigenvalue weighted by Gasteiger charge is -2.31. The van der Waals surface area contributed by atoms with Gasteiger partial charge >= 0.3 is 4.87 Å². The van der Waals surface area contributed by atoms with Crippen molar-refractivity contribution in [2.75, 3.05) is 17.3 Å². The van der Waals surface area contributed by atoms with Crippen LogP contribution in [-0.2, 0) is 20.9 Å². The Morgan fingerprint density at radius 3 is 2.27 bits per heavy atom. The second-order valence-corrected chi connectivity index (χ2v) is 11.6. The van der Waals surface area contributed by atoms with E-state index in [4.69, 9.17) is 4.74 Å². The molecule has 0 unspecified atom stereocenters. The van der Waals surface area contributed by atoms with Gasteiger partial charge in [-0.25, -0.2) is 13.7 Å². The largest absolute Gasteiger partial charge is 0.496 e. The van der Waals surface area contributed by atoms with Gasteiger partial charge in [0, 0.05) is 22.0 Å². The molecule has 3 atom stereocenters. The van der Waals surface area contributed by atoms with Crippen molar-refractivity contribution in [2.24, 2.45) is 5.92 Å². The second-order valence-electron chi connectivity index (χ2n) is 9.45. The molecule has 2 aliphatic rings. The lowest BCUT2D eigenvalue weighted by atomic mass is 9.82. The van der Waals surface area contributed by atoms with Crippen LogP contribution >= 0.6 is 23.1 Å². The number of fused-ring (bicyclic) bond motifs is 2. The monoisotopic (exact) mass is 593 g/mol. The fourth-order valence-electron chi connectivity index (χ4n) is 5.24. The molecule has 3 amide bonds. The number of benzene rings is 3. The van der Waals surface area contributed by atoms with Gasteiger partial charge in [0.1, 0.15) is 29.2 Å². The molecule has 0 aliphatic carbocycles. The highest BCUT2D eigenvalue weighted by Crippen LogP contribution is 2.55. The molecule has 6 rings (SSSR count). The molecule has 0 spiro atoms. The molecular formula is C29H21F2N3O5S2. The topological polar surface area (TPSA) is 97.7 Å². The van der Waals surface area contributed by atoms with Crippen LogP contribution in [0.5, 0.6) is 5.75 Å². The maximum atomic E-state index is 13.9. The van der Waals surface area contributed by atoms with E-state index in [-0.39, 0.29) is 12.2 Å². The van der Waals surface area contributed by atoms with E-state index in [0.29, 0.717) is 26.9 Å². The van der Waals surface area contributed by atoms with Crippen molar-refractivity contribution in [3.8, 4) is 5.75 Å². The van der Waals surface area contributed by atoms with Gasteiger partial charge in [-0.2, -0.15) is 0 Å². The van der Waals surface area contributed by atoms with E-state index in [1.807, 2.05) is 0 Å². The number of nitrogens with zero attached hydrogens (tertiary/aromatic N) is 2. The number of methoxy groups -OCH3 is 1. The van der Waals surface area contributed by atoms with Crippen LogP contribution in [0.1, 0.15) is 16.4 Å². The maximum Gasteiger partial charge on any atom is 0.308 e. The molecule has 208 valence electrons. The zero-order valence-electron chi connectivity index (χ0n) is 21.4. The number of anilines is 2. The fraction of sp³-hybridized carbons (Fsp3) is 0.172. The van der Waals surface area contributed by atoms with Crippen molar-refractivity contribution in [3.05, 3.63) is 105 Å². The number of carbonyl (C=O) groups excluding carboxylic acids is 3. The van der Waals surface area contributed by atoms with E-state index in [0.717, 1.165) is 28.0 Å². The lowest BCUT2D eigenvalue weighted by Crippen LogP contribution is -2.33. The van der Waals surface area contributed by atoms with Crippen molar-refractivity contribution in [1.82, 2.24) is 4.57 Å². The van der Waals surface area contributed by atoms with E-state index < -0.39 is 51.3 Å². The summed E-state index contributed by atoms with van der Waals surface area (Å²) in [5, 5.41) is 2.15. The van der Waals surface area contributed by atoms with E-state index in [1.54, 1.807) is 24.3 Å². The molecule has 1 fully saturated rings. The van der Waals surface area contributed by atoms with E-state index in [1.165, 1.54) is 60.2 Å². The molecule has 1 saturated heterocycles. The van der Waals surface area contributed by atoms with Crippen LogP contribution < -0.4 is 19.8 Å². The standard InChI is InChI=1S/C29H21F2N3O5S2/c1-39-20-5-3-2-4-19(20)22-23-24(27(37)34(26(23)36)18-12-8-16(31)9-13-18)40-28-25(22)41-29(38)33(28)14-21(35)32-17-10-6-15(30)7-11-17/h2-13,22-24H,14H2,1H3,(H,32,35)/t22-,23-,24+/m0/s1. The zero-order chi connectivity index (χ0) is 28.8. The van der Waals surface area contributed by atoms with Crippen molar-refractivity contribution < 1.29 is 27.9 Å². The minimum Gasteiger partial charge on any atom is -0.496 e. The number of aromatic nitrogens is 1. The van der Waals surface area contributed by atoms with Crippen LogP contribution in [0.4, 0.5) is 20.2 Å². The van der Waals surface area contributed by atoms with Crippen molar-refractivity contribution in [1.29, 1.82) is 0 Å². The second kappa shape index (κ2) is 10.6. The third-order valence-corrected chi connectivity index (χ3v) is 9.64. The number of imide groups is 1. The number of rotatable bonds is 6. The number of hydrogen-bond acceptors (Lipinski definition) is 7. The van der Waals surface area contributed by atoms with Crippen LogP contribution in [-0.4, -0.2) is 34.6 Å². The Bertz CT molecular complexity index is 1740. The van der Waals surface area contributed by atoms with E-state index in [2.05, 4.69) is 5.32 Å². The fourth-order valence-corrected chi connectivity index (χ4v) is 8.00. The van der Waals surface area contributed by atoms with E-state index in [9.17, 15) is 28.0 Å². The minimum absolute atomic E-state index is 0.245. The molecule has 41 heavy (non-hydrogen) atoms. The number of thioether (sulfide) groups is 1. The maximum absolute atomic E-state index is 13.9. The number of nitrogens with one attached hydrogen (secondary N) is 1. The number of ether oxygens (including phenoxy) is 1. The molecule has 4 aromatic rings. The van der Waals surface area contributed by atoms with E-state index >= 15 is 0 Å². The van der Waals surface area contributed by atoms with Crippen LogP contribution in [0.25, 0.3) is 0 Å². The Balaban J connectivity index is 1.43. The first-order valence-corrected chi connectivity index (χ1v) is 14.2. The minimum atomic E-state index is -0.907. The van der Waals surface area contributed by atoms with Gasteiger partial charge in [-0.05, 0) is 54.6 Å². The first-order chi connectivity index (χ1) is 19.8. The van der Waals surface area contributed by atoms with Crippen LogP contribution in [0, 0.1) is 17.6 Å². The third kappa shape index (κ3) is 4.72. The number of thiazole rings is 1. The van der Waals surface area contributed by atoms with Crippen LogP contribution in [0.3, 0.4) is 0 Å². The first-order valence-electron chi connectivity index (χ1n) is 12.5. The summed E-state index contributed by atoms with van der Waals surface area (Å²) in [6.45, 7) is -0.352. The smallest absolute Gasteiger partial charge is 0.308 e. The summed E-state index contributed by atoms with van der Waals surface area (Å²) < 4.78 is 33.8. The Morgan fingerprint density at radius 1 is 0.927 bits per heavy atom. The molecule has 12 heteroatoms. The lowest BCUT2D eigenvalue weighted by molar-refractivity contribution is -0.122. The summed E-state index contributed by atoms with van der Waals surface area (Å²) in [6, 6.07) is 17.4. The van der Waals surface area contributed by atoms with Gasteiger partial charge in [0.05, 0.1) is 23.7 Å². The number of amides is 3. The van der Waals surface area contributed by atoms with Gasteiger partial charge in [-0.1, -0.05) is 41.3 Å². The Hall–Kier alpha value is -4.29. The number of halogens is 2. The first kappa shape index (κ1) is 26.9. The van der Waals surface area contributed by atoms with Crippen molar-refractivity contribution >= 4 is 52.2 Å². The molecule has 0 bridgehead atoms. The Labute approximate surface area is 240 Å². The molecular weight excluding hydrogens is 572 g/mol. The van der Waals surface area contributed by atoms with Crippen molar-refractivity contribution in [2.45, 2.75) is 22.7 Å². The SMILES string of the molecule is COc1ccccc1[C@@H]1c2sc(=O)n(CC(=O)Nc3ccc(F)cc3)c2S[C@H]2C(=O)N(c3ccc(F)cc3)C(=O)[C@@H]12. The summed E-state index contributed by atoms with van der Waals surface area (Å²) in [4.78, 5) is 55.0. The van der Waals surface area contributed by atoms with Crippen LogP contribution in [0.15, 0.2) is 82.6 Å². The summed E-state index contributed by atoms with van der Waals surface area (Å²) >= 11 is 1.98. The van der Waals surface area contributed by atoms with Crippen LogP contribution in [0.2, 0.25) is 0 Å². The van der Waals surface area contributed by atoms with Gasteiger partial charge in [-0.3, -0.25) is 23.7 Å². The molecule has 0 saturated carbocycles. The highest BCUT2D eigenvalue weighted by atomic mass is 32.2. The quantitative estimate of drug-likeness (QED) is 0.328. The van der Waals surface area contributed by atoms with Gasteiger partial charge in [0.15, 0.2) is 0 Å². The predicted molar refractivity (Wildman–Crippen MR) is 150 cm³/mol. The average Bonchev–Trinajstić information content (AvgIpc) is 3.41. The summed E-state index contributed by atoms with van der Waals surface area (Å²) in [6.07, 6.45) is 0. The highest BCUT2D eigenvalue weighted by Gasteiger charge is 2.57. The predicted octanol–water partition coefficient (Wildman–Crippen LogP) is 4.63. The summed E-state index contributed by atoms with van der Waals surface area (Å²) in [5.41, 5.74) is 1.23. The highest BCUT2D eigenvalue weighted by molar-refractivity contribution is 8.00.